The highest BCUT2D eigenvalue weighted by molar-refractivity contribution is 4.75. The third-order valence-corrected chi connectivity index (χ3v) is 1.44. The van der Waals surface area contributed by atoms with Crippen molar-refractivity contribution in [2.75, 3.05) is 13.2 Å². The third kappa shape index (κ3) is 4.28. The number of ether oxygens (including phenoxy) is 1. The van der Waals surface area contributed by atoms with Crippen molar-refractivity contribution in [1.29, 1.82) is 0 Å². The van der Waals surface area contributed by atoms with Crippen LogP contribution in [0.1, 0.15) is 13.3 Å². The van der Waals surface area contributed by atoms with E-state index in [0.29, 0.717) is 19.6 Å². The molecule has 0 aliphatic rings. The Morgan fingerprint density at radius 2 is 2.17 bits per heavy atom. The van der Waals surface area contributed by atoms with Crippen LogP contribution in [0.25, 0.3) is 0 Å². The molecule has 0 heterocycles. The van der Waals surface area contributed by atoms with E-state index in [0.717, 1.165) is 0 Å². The molecule has 0 fully saturated rings. The number of rotatable bonds is 7. The van der Waals surface area contributed by atoms with Crippen LogP contribution in [0, 0.1) is 0 Å². The van der Waals surface area contributed by atoms with Gasteiger partial charge in [0.1, 0.15) is 0 Å². The van der Waals surface area contributed by atoms with Crippen molar-refractivity contribution >= 4 is 0 Å². The highest BCUT2D eigenvalue weighted by Gasteiger charge is 2.22. The van der Waals surface area contributed by atoms with Gasteiger partial charge in [0.05, 0.1) is 6.61 Å². The van der Waals surface area contributed by atoms with Crippen molar-refractivity contribution in [2.45, 2.75) is 19.3 Å². The SMILES string of the molecule is C=CCNC(O)(CC)OCC=C. The van der Waals surface area contributed by atoms with Crippen LogP contribution in [0.2, 0.25) is 0 Å². The summed E-state index contributed by atoms with van der Waals surface area (Å²) in [5.41, 5.74) is 0. The maximum Gasteiger partial charge on any atom is 0.225 e. The Hall–Kier alpha value is -0.640. The summed E-state index contributed by atoms with van der Waals surface area (Å²) in [6.07, 6.45) is 3.74. The molecular formula is C9H17NO2. The van der Waals surface area contributed by atoms with Crippen LogP contribution in [-0.4, -0.2) is 24.2 Å². The van der Waals surface area contributed by atoms with Gasteiger partial charge in [0, 0.05) is 13.0 Å². The lowest BCUT2D eigenvalue weighted by molar-refractivity contribution is -0.218. The Bertz CT molecular complexity index is 133. The minimum atomic E-state index is -1.25. The number of hydrogen-bond acceptors (Lipinski definition) is 3. The number of nitrogens with one attached hydrogen (secondary N) is 1. The van der Waals surface area contributed by atoms with Gasteiger partial charge >= 0.3 is 0 Å². The van der Waals surface area contributed by atoms with Crippen molar-refractivity contribution in [3.8, 4) is 0 Å². The molecule has 0 spiro atoms. The van der Waals surface area contributed by atoms with E-state index < -0.39 is 5.91 Å². The first-order valence-corrected chi connectivity index (χ1v) is 4.01. The molecule has 0 aliphatic carbocycles. The monoisotopic (exact) mass is 171 g/mol. The van der Waals surface area contributed by atoms with Gasteiger partial charge in [-0.15, -0.1) is 13.2 Å². The Morgan fingerprint density at radius 3 is 2.58 bits per heavy atom. The van der Waals surface area contributed by atoms with Crippen LogP contribution in [-0.2, 0) is 4.74 Å². The van der Waals surface area contributed by atoms with Gasteiger partial charge in [-0.25, -0.2) is 0 Å². The van der Waals surface area contributed by atoms with Crippen LogP contribution in [0.5, 0.6) is 0 Å². The molecule has 0 rings (SSSR count). The van der Waals surface area contributed by atoms with E-state index in [-0.39, 0.29) is 0 Å². The predicted molar refractivity (Wildman–Crippen MR) is 49.6 cm³/mol. The van der Waals surface area contributed by atoms with E-state index >= 15 is 0 Å². The van der Waals surface area contributed by atoms with Crippen LogP contribution in [0.15, 0.2) is 25.3 Å². The van der Waals surface area contributed by atoms with Crippen molar-refractivity contribution in [1.82, 2.24) is 5.32 Å². The summed E-state index contributed by atoms with van der Waals surface area (Å²) >= 11 is 0. The normalized spacial score (nSPS) is 15.2. The van der Waals surface area contributed by atoms with Gasteiger partial charge in [-0.05, 0) is 0 Å². The topological polar surface area (TPSA) is 41.5 Å². The van der Waals surface area contributed by atoms with Gasteiger partial charge in [0.25, 0.3) is 0 Å². The highest BCUT2D eigenvalue weighted by atomic mass is 16.6. The molecule has 1 atom stereocenters. The second kappa shape index (κ2) is 5.94. The summed E-state index contributed by atoms with van der Waals surface area (Å²) < 4.78 is 5.11. The first kappa shape index (κ1) is 11.4. The van der Waals surface area contributed by atoms with E-state index in [1.165, 1.54) is 0 Å². The Kier molecular flexibility index (Phi) is 5.62. The zero-order chi connectivity index (χ0) is 9.45. The predicted octanol–water partition coefficient (Wildman–Crippen LogP) is 1.02. The molecular weight excluding hydrogens is 154 g/mol. The molecule has 12 heavy (non-hydrogen) atoms. The second-order valence-electron chi connectivity index (χ2n) is 2.41. The van der Waals surface area contributed by atoms with Gasteiger partial charge in [-0.1, -0.05) is 19.1 Å². The Morgan fingerprint density at radius 1 is 1.50 bits per heavy atom. The zero-order valence-electron chi connectivity index (χ0n) is 7.55. The van der Waals surface area contributed by atoms with Gasteiger partial charge in [0.2, 0.25) is 5.91 Å². The van der Waals surface area contributed by atoms with Crippen LogP contribution < -0.4 is 5.32 Å². The summed E-state index contributed by atoms with van der Waals surface area (Å²) in [5, 5.41) is 12.5. The molecule has 0 saturated carbocycles. The maximum absolute atomic E-state index is 9.65. The molecule has 0 radical (unpaired) electrons. The van der Waals surface area contributed by atoms with Crippen molar-refractivity contribution in [3.63, 3.8) is 0 Å². The fraction of sp³-hybridized carbons (Fsp3) is 0.556. The average Bonchev–Trinajstić information content (AvgIpc) is 2.11. The standard InChI is InChI=1S/C9H17NO2/c1-4-7-10-9(11,6-3)12-8-5-2/h4-5,10-11H,1-2,6-8H2,3H3. The Balaban J connectivity index is 3.84. The maximum atomic E-state index is 9.65. The molecule has 0 saturated heterocycles. The molecule has 3 heteroatoms. The highest BCUT2D eigenvalue weighted by Crippen LogP contribution is 2.06. The zero-order valence-corrected chi connectivity index (χ0v) is 7.55. The first-order chi connectivity index (χ1) is 5.68. The summed E-state index contributed by atoms with van der Waals surface area (Å²) in [6, 6.07) is 0. The summed E-state index contributed by atoms with van der Waals surface area (Å²) in [6.45, 7) is 9.70. The third-order valence-electron chi connectivity index (χ3n) is 1.44. The van der Waals surface area contributed by atoms with E-state index in [2.05, 4.69) is 18.5 Å². The molecule has 1 unspecified atom stereocenters. The van der Waals surface area contributed by atoms with Crippen LogP contribution in [0.4, 0.5) is 0 Å². The molecule has 0 amide bonds. The minimum Gasteiger partial charge on any atom is -0.353 e. The number of aliphatic hydroxyl groups is 1. The Labute approximate surface area is 73.7 Å². The summed E-state index contributed by atoms with van der Waals surface area (Å²) in [5.74, 6) is -1.25. The fourth-order valence-corrected chi connectivity index (χ4v) is 0.707. The van der Waals surface area contributed by atoms with Crippen LogP contribution in [0.3, 0.4) is 0 Å². The molecule has 3 nitrogen and oxygen atoms in total. The van der Waals surface area contributed by atoms with Gasteiger partial charge in [0.15, 0.2) is 0 Å². The lowest BCUT2D eigenvalue weighted by atomic mass is 10.3. The van der Waals surface area contributed by atoms with E-state index in [4.69, 9.17) is 4.74 Å². The molecule has 70 valence electrons. The molecule has 0 aromatic carbocycles. The molecule has 0 aliphatic heterocycles. The molecule has 0 aromatic rings. The quantitative estimate of drug-likeness (QED) is 0.444. The molecule has 0 bridgehead atoms. The summed E-state index contributed by atoms with van der Waals surface area (Å²) in [4.78, 5) is 0. The molecule has 0 aromatic heterocycles. The van der Waals surface area contributed by atoms with Crippen molar-refractivity contribution in [3.05, 3.63) is 25.3 Å². The van der Waals surface area contributed by atoms with E-state index in [9.17, 15) is 5.11 Å². The van der Waals surface area contributed by atoms with Crippen LogP contribution >= 0.6 is 0 Å². The van der Waals surface area contributed by atoms with E-state index in [1.54, 1.807) is 12.2 Å². The number of hydrogen-bond donors (Lipinski definition) is 2. The average molecular weight is 171 g/mol. The lowest BCUT2D eigenvalue weighted by Crippen LogP contribution is -2.47. The van der Waals surface area contributed by atoms with Crippen molar-refractivity contribution in [2.24, 2.45) is 0 Å². The minimum absolute atomic E-state index is 0.328. The lowest BCUT2D eigenvalue weighted by Gasteiger charge is -2.26. The van der Waals surface area contributed by atoms with Gasteiger partial charge in [-0.3, -0.25) is 5.32 Å². The largest absolute Gasteiger partial charge is 0.353 e. The smallest absolute Gasteiger partial charge is 0.225 e. The van der Waals surface area contributed by atoms with Gasteiger partial charge < -0.3 is 9.84 Å². The van der Waals surface area contributed by atoms with Crippen molar-refractivity contribution < 1.29 is 9.84 Å². The summed E-state index contributed by atoms with van der Waals surface area (Å²) in [7, 11) is 0. The second-order valence-corrected chi connectivity index (χ2v) is 2.41. The molecule has 2 N–H and O–H groups in total. The fourth-order valence-electron chi connectivity index (χ4n) is 0.707. The first-order valence-electron chi connectivity index (χ1n) is 4.01. The van der Waals surface area contributed by atoms with E-state index in [1.807, 2.05) is 6.92 Å². The van der Waals surface area contributed by atoms with Gasteiger partial charge in [-0.2, -0.15) is 0 Å².